The van der Waals surface area contributed by atoms with E-state index in [9.17, 15) is 9.90 Å². The van der Waals surface area contributed by atoms with E-state index in [1.54, 1.807) is 24.3 Å². The number of aliphatic hydroxyl groups is 1. The van der Waals surface area contributed by atoms with E-state index in [0.717, 1.165) is 31.2 Å². The molecule has 1 saturated carbocycles. The largest absolute Gasteiger partial charge is 0.409 e. The summed E-state index contributed by atoms with van der Waals surface area (Å²) in [6, 6.07) is 7.18. The number of rotatable bonds is 4. The molecular weight excluding hydrogens is 270 g/mol. The SMILES string of the molecule is N/C(=N/O)c1ccc(CC(=O)NC2CCC(O)CC2)cc1. The average Bonchev–Trinajstić information content (AvgIpc) is 2.49. The lowest BCUT2D eigenvalue weighted by Crippen LogP contribution is -2.39. The Balaban J connectivity index is 1.85. The zero-order valence-corrected chi connectivity index (χ0v) is 11.8. The number of benzene rings is 1. The minimum Gasteiger partial charge on any atom is -0.409 e. The van der Waals surface area contributed by atoms with Crippen LogP contribution in [0, 0.1) is 0 Å². The molecule has 0 unspecified atom stereocenters. The van der Waals surface area contributed by atoms with E-state index in [0.29, 0.717) is 12.0 Å². The van der Waals surface area contributed by atoms with E-state index in [1.165, 1.54) is 0 Å². The first-order valence-corrected chi connectivity index (χ1v) is 7.12. The van der Waals surface area contributed by atoms with Crippen molar-refractivity contribution in [3.05, 3.63) is 35.4 Å². The molecule has 0 atom stereocenters. The van der Waals surface area contributed by atoms with Gasteiger partial charge in [0.15, 0.2) is 5.84 Å². The van der Waals surface area contributed by atoms with Gasteiger partial charge in [-0.1, -0.05) is 29.4 Å². The number of hydrogen-bond donors (Lipinski definition) is 4. The fraction of sp³-hybridized carbons (Fsp3) is 0.467. The van der Waals surface area contributed by atoms with Gasteiger partial charge in [0.1, 0.15) is 0 Å². The highest BCUT2D eigenvalue weighted by Crippen LogP contribution is 2.18. The zero-order chi connectivity index (χ0) is 15.2. The molecule has 0 aromatic heterocycles. The molecule has 0 saturated heterocycles. The number of carbonyl (C=O) groups is 1. The Morgan fingerprint density at radius 3 is 2.43 bits per heavy atom. The van der Waals surface area contributed by atoms with Crippen molar-refractivity contribution in [3.8, 4) is 0 Å². The monoisotopic (exact) mass is 291 g/mol. The van der Waals surface area contributed by atoms with Crippen LogP contribution >= 0.6 is 0 Å². The highest BCUT2D eigenvalue weighted by Gasteiger charge is 2.20. The molecule has 0 radical (unpaired) electrons. The van der Waals surface area contributed by atoms with E-state index in [1.807, 2.05) is 0 Å². The predicted octanol–water partition coefficient (Wildman–Crippen LogP) is 0.743. The summed E-state index contributed by atoms with van der Waals surface area (Å²) in [7, 11) is 0. The molecule has 6 heteroatoms. The third-order valence-corrected chi connectivity index (χ3v) is 3.78. The van der Waals surface area contributed by atoms with Gasteiger partial charge >= 0.3 is 0 Å². The first kappa shape index (κ1) is 15.3. The third kappa shape index (κ3) is 4.46. The number of carbonyl (C=O) groups excluding carboxylic acids is 1. The molecule has 1 aromatic carbocycles. The third-order valence-electron chi connectivity index (χ3n) is 3.78. The summed E-state index contributed by atoms with van der Waals surface area (Å²) < 4.78 is 0. The Kier molecular flexibility index (Phi) is 5.16. The molecule has 2 rings (SSSR count). The van der Waals surface area contributed by atoms with Crippen LogP contribution < -0.4 is 11.1 Å². The summed E-state index contributed by atoms with van der Waals surface area (Å²) >= 11 is 0. The standard InChI is InChI=1S/C15H21N3O3/c16-15(18-21)11-3-1-10(2-4-11)9-14(20)17-12-5-7-13(19)8-6-12/h1-4,12-13,19,21H,5-9H2,(H2,16,18)(H,17,20). The van der Waals surface area contributed by atoms with E-state index < -0.39 is 0 Å². The van der Waals surface area contributed by atoms with Crippen molar-refractivity contribution in [2.24, 2.45) is 10.9 Å². The number of hydrogen-bond acceptors (Lipinski definition) is 4. The van der Waals surface area contributed by atoms with Gasteiger partial charge in [0.2, 0.25) is 5.91 Å². The second-order valence-electron chi connectivity index (χ2n) is 5.43. The van der Waals surface area contributed by atoms with Crippen LogP contribution in [0.4, 0.5) is 0 Å². The highest BCUT2D eigenvalue weighted by atomic mass is 16.4. The Labute approximate surface area is 123 Å². The van der Waals surface area contributed by atoms with Crippen LogP contribution in [0.2, 0.25) is 0 Å². The Hall–Kier alpha value is -2.08. The molecule has 0 aliphatic heterocycles. The van der Waals surface area contributed by atoms with Crippen molar-refractivity contribution < 1.29 is 15.1 Å². The van der Waals surface area contributed by atoms with E-state index in [2.05, 4.69) is 10.5 Å². The molecule has 6 nitrogen and oxygen atoms in total. The van der Waals surface area contributed by atoms with Crippen molar-refractivity contribution in [2.45, 2.75) is 44.2 Å². The molecule has 1 aromatic rings. The molecule has 5 N–H and O–H groups in total. The van der Waals surface area contributed by atoms with Crippen molar-refractivity contribution in [1.29, 1.82) is 0 Å². The number of amides is 1. The number of amidine groups is 1. The lowest BCUT2D eigenvalue weighted by Gasteiger charge is -2.26. The van der Waals surface area contributed by atoms with Gasteiger partial charge in [0, 0.05) is 11.6 Å². The molecule has 1 fully saturated rings. The second-order valence-corrected chi connectivity index (χ2v) is 5.43. The molecule has 114 valence electrons. The molecule has 1 aliphatic rings. The quantitative estimate of drug-likeness (QED) is 0.284. The minimum atomic E-state index is -0.218. The normalized spacial score (nSPS) is 22.8. The maximum Gasteiger partial charge on any atom is 0.224 e. The van der Waals surface area contributed by atoms with Crippen molar-refractivity contribution in [2.75, 3.05) is 0 Å². The smallest absolute Gasteiger partial charge is 0.224 e. The van der Waals surface area contributed by atoms with Gasteiger partial charge < -0.3 is 21.4 Å². The molecule has 0 heterocycles. The van der Waals surface area contributed by atoms with Crippen LogP contribution in [0.3, 0.4) is 0 Å². The average molecular weight is 291 g/mol. The van der Waals surface area contributed by atoms with Crippen LogP contribution in [-0.2, 0) is 11.2 Å². The van der Waals surface area contributed by atoms with Gasteiger partial charge in [-0.05, 0) is 31.2 Å². The molecule has 0 bridgehead atoms. The molecule has 1 amide bonds. The van der Waals surface area contributed by atoms with Crippen LogP contribution in [0.5, 0.6) is 0 Å². The van der Waals surface area contributed by atoms with Gasteiger partial charge in [0.25, 0.3) is 0 Å². The van der Waals surface area contributed by atoms with E-state index in [-0.39, 0.29) is 23.9 Å². The Morgan fingerprint density at radius 2 is 1.86 bits per heavy atom. The summed E-state index contributed by atoms with van der Waals surface area (Å²) in [5.41, 5.74) is 6.97. The van der Waals surface area contributed by atoms with Gasteiger partial charge in [0.05, 0.1) is 12.5 Å². The number of nitrogens with zero attached hydrogens (tertiary/aromatic N) is 1. The Morgan fingerprint density at radius 1 is 1.24 bits per heavy atom. The lowest BCUT2D eigenvalue weighted by atomic mass is 9.93. The topological polar surface area (TPSA) is 108 Å². The van der Waals surface area contributed by atoms with Gasteiger partial charge in [-0.2, -0.15) is 0 Å². The molecule has 1 aliphatic carbocycles. The van der Waals surface area contributed by atoms with Gasteiger partial charge in [-0.25, -0.2) is 0 Å². The fourth-order valence-corrected chi connectivity index (χ4v) is 2.54. The number of nitrogens with two attached hydrogens (primary N) is 1. The Bertz CT molecular complexity index is 505. The van der Waals surface area contributed by atoms with Crippen LogP contribution in [0.15, 0.2) is 29.4 Å². The number of nitrogens with one attached hydrogen (secondary N) is 1. The minimum absolute atomic E-state index is 0.0204. The van der Waals surface area contributed by atoms with Gasteiger partial charge in [-0.15, -0.1) is 0 Å². The zero-order valence-electron chi connectivity index (χ0n) is 11.8. The van der Waals surface area contributed by atoms with Crippen LogP contribution in [-0.4, -0.2) is 34.2 Å². The fourth-order valence-electron chi connectivity index (χ4n) is 2.54. The van der Waals surface area contributed by atoms with E-state index in [4.69, 9.17) is 10.9 Å². The molecular formula is C15H21N3O3. The summed E-state index contributed by atoms with van der Waals surface area (Å²) in [5.74, 6) is 0.0275. The first-order chi connectivity index (χ1) is 10.1. The lowest BCUT2D eigenvalue weighted by molar-refractivity contribution is -0.121. The second kappa shape index (κ2) is 7.08. The van der Waals surface area contributed by atoms with Gasteiger partial charge in [-0.3, -0.25) is 4.79 Å². The highest BCUT2D eigenvalue weighted by molar-refractivity contribution is 5.97. The predicted molar refractivity (Wildman–Crippen MR) is 79.1 cm³/mol. The van der Waals surface area contributed by atoms with Crippen LogP contribution in [0.1, 0.15) is 36.8 Å². The summed E-state index contributed by atoms with van der Waals surface area (Å²) in [6.07, 6.45) is 3.24. The molecule has 0 spiro atoms. The summed E-state index contributed by atoms with van der Waals surface area (Å²) in [5, 5.41) is 23.9. The van der Waals surface area contributed by atoms with Crippen LogP contribution in [0.25, 0.3) is 0 Å². The number of aliphatic hydroxyl groups excluding tert-OH is 1. The summed E-state index contributed by atoms with van der Waals surface area (Å²) in [6.45, 7) is 0. The summed E-state index contributed by atoms with van der Waals surface area (Å²) in [4.78, 5) is 12.0. The van der Waals surface area contributed by atoms with Crippen molar-refractivity contribution >= 4 is 11.7 Å². The van der Waals surface area contributed by atoms with Crippen molar-refractivity contribution in [1.82, 2.24) is 5.32 Å². The maximum absolute atomic E-state index is 12.0. The first-order valence-electron chi connectivity index (χ1n) is 7.12. The van der Waals surface area contributed by atoms with E-state index >= 15 is 0 Å². The maximum atomic E-state index is 12.0. The van der Waals surface area contributed by atoms with Crippen molar-refractivity contribution in [3.63, 3.8) is 0 Å². The molecule has 21 heavy (non-hydrogen) atoms. The number of oxime groups is 1.